The highest BCUT2D eigenvalue weighted by Crippen LogP contribution is 2.34. The van der Waals surface area contributed by atoms with Gasteiger partial charge in [-0.1, -0.05) is 25.3 Å². The van der Waals surface area contributed by atoms with Crippen LogP contribution in [0.3, 0.4) is 0 Å². The third-order valence-corrected chi connectivity index (χ3v) is 5.25. The first-order chi connectivity index (χ1) is 9.70. The minimum Gasteiger partial charge on any atom is -0.308 e. The van der Waals surface area contributed by atoms with Crippen molar-refractivity contribution in [3.8, 4) is 0 Å². The third kappa shape index (κ3) is 2.75. The van der Waals surface area contributed by atoms with E-state index in [-0.39, 0.29) is 0 Å². The Labute approximate surface area is 122 Å². The van der Waals surface area contributed by atoms with E-state index in [0.717, 1.165) is 6.54 Å². The Hall–Kier alpha value is -0.930. The summed E-state index contributed by atoms with van der Waals surface area (Å²) in [6.45, 7) is 6.92. The average Bonchev–Trinajstić information content (AvgIpc) is 2.51. The topological polar surface area (TPSA) is 28.2 Å². The molecular formula is C17H27N3. The number of hydrogen-bond donors (Lipinski definition) is 1. The SMILES string of the molecule is CC1CNC2(CCCCC2)CN1C(C)c1ccccn1. The number of rotatable bonds is 2. The number of hydrogen-bond acceptors (Lipinski definition) is 3. The van der Waals surface area contributed by atoms with E-state index in [4.69, 9.17) is 0 Å². The monoisotopic (exact) mass is 273 g/mol. The molecule has 1 N–H and O–H groups in total. The van der Waals surface area contributed by atoms with Crippen LogP contribution in [0.15, 0.2) is 24.4 Å². The number of nitrogens with one attached hydrogen (secondary N) is 1. The fourth-order valence-electron chi connectivity index (χ4n) is 3.92. The zero-order valence-electron chi connectivity index (χ0n) is 12.8. The van der Waals surface area contributed by atoms with Gasteiger partial charge in [0.05, 0.1) is 5.69 Å². The largest absolute Gasteiger partial charge is 0.308 e. The van der Waals surface area contributed by atoms with Crippen molar-refractivity contribution in [2.24, 2.45) is 0 Å². The molecule has 2 heterocycles. The fraction of sp³-hybridized carbons (Fsp3) is 0.706. The molecule has 0 radical (unpaired) electrons. The van der Waals surface area contributed by atoms with Crippen molar-refractivity contribution in [1.29, 1.82) is 0 Å². The lowest BCUT2D eigenvalue weighted by molar-refractivity contribution is 0.0343. The van der Waals surface area contributed by atoms with Crippen molar-refractivity contribution < 1.29 is 0 Å². The number of nitrogens with zero attached hydrogens (tertiary/aromatic N) is 2. The van der Waals surface area contributed by atoms with Crippen molar-refractivity contribution in [3.63, 3.8) is 0 Å². The molecule has 2 atom stereocenters. The van der Waals surface area contributed by atoms with Gasteiger partial charge in [0.25, 0.3) is 0 Å². The lowest BCUT2D eigenvalue weighted by Gasteiger charge is -2.50. The molecule has 0 bridgehead atoms. The molecule has 1 saturated heterocycles. The number of pyridine rings is 1. The highest BCUT2D eigenvalue weighted by atomic mass is 15.3. The summed E-state index contributed by atoms with van der Waals surface area (Å²) >= 11 is 0. The van der Waals surface area contributed by atoms with E-state index in [2.05, 4.69) is 41.2 Å². The van der Waals surface area contributed by atoms with Crippen LogP contribution >= 0.6 is 0 Å². The second-order valence-corrected chi connectivity index (χ2v) is 6.67. The molecule has 0 aromatic carbocycles. The molecule has 3 heteroatoms. The Kier molecular flexibility index (Phi) is 4.08. The maximum Gasteiger partial charge on any atom is 0.0572 e. The first kappa shape index (κ1) is 14.0. The molecule has 3 nitrogen and oxygen atoms in total. The van der Waals surface area contributed by atoms with Crippen molar-refractivity contribution in [3.05, 3.63) is 30.1 Å². The van der Waals surface area contributed by atoms with Gasteiger partial charge in [0.1, 0.15) is 0 Å². The normalized spacial score (nSPS) is 28.4. The van der Waals surface area contributed by atoms with Crippen molar-refractivity contribution in [2.75, 3.05) is 13.1 Å². The van der Waals surface area contributed by atoms with Crippen LogP contribution in [-0.4, -0.2) is 34.6 Å². The zero-order valence-corrected chi connectivity index (χ0v) is 12.8. The Morgan fingerprint density at radius 3 is 2.80 bits per heavy atom. The highest BCUT2D eigenvalue weighted by molar-refractivity contribution is 5.10. The second kappa shape index (κ2) is 5.82. The van der Waals surface area contributed by atoms with Crippen LogP contribution in [-0.2, 0) is 0 Å². The predicted molar refractivity (Wildman–Crippen MR) is 82.6 cm³/mol. The molecule has 1 aliphatic heterocycles. The molecule has 1 aliphatic carbocycles. The minimum atomic E-state index is 0.369. The van der Waals surface area contributed by atoms with Crippen LogP contribution in [0.5, 0.6) is 0 Å². The molecule has 1 spiro atoms. The van der Waals surface area contributed by atoms with Crippen molar-refractivity contribution >= 4 is 0 Å². The molecule has 20 heavy (non-hydrogen) atoms. The maximum absolute atomic E-state index is 4.56. The van der Waals surface area contributed by atoms with Gasteiger partial charge in [-0.05, 0) is 38.8 Å². The number of aromatic nitrogens is 1. The van der Waals surface area contributed by atoms with E-state index < -0.39 is 0 Å². The molecule has 3 rings (SSSR count). The van der Waals surface area contributed by atoms with Gasteiger partial charge >= 0.3 is 0 Å². The molecule has 1 aromatic rings. The third-order valence-electron chi connectivity index (χ3n) is 5.25. The van der Waals surface area contributed by atoms with Gasteiger partial charge in [0.2, 0.25) is 0 Å². The molecule has 2 unspecified atom stereocenters. The molecule has 2 fully saturated rings. The maximum atomic E-state index is 4.56. The van der Waals surface area contributed by atoms with E-state index in [9.17, 15) is 0 Å². The molecule has 2 aliphatic rings. The number of piperazine rings is 1. The van der Waals surface area contributed by atoms with E-state index in [1.54, 1.807) is 0 Å². The lowest BCUT2D eigenvalue weighted by Crippen LogP contribution is -2.64. The van der Waals surface area contributed by atoms with Crippen LogP contribution in [0.25, 0.3) is 0 Å². The minimum absolute atomic E-state index is 0.369. The Morgan fingerprint density at radius 2 is 2.10 bits per heavy atom. The molecule has 1 saturated carbocycles. The van der Waals surface area contributed by atoms with Gasteiger partial charge in [-0.25, -0.2) is 0 Å². The van der Waals surface area contributed by atoms with Gasteiger partial charge in [0, 0.05) is 36.9 Å². The molecule has 1 aromatic heterocycles. The Balaban J connectivity index is 1.76. The molecule has 0 amide bonds. The van der Waals surface area contributed by atoms with Crippen LogP contribution in [0.2, 0.25) is 0 Å². The predicted octanol–water partition coefficient (Wildman–Crippen LogP) is 3.14. The van der Waals surface area contributed by atoms with Gasteiger partial charge in [-0.3, -0.25) is 9.88 Å². The summed E-state index contributed by atoms with van der Waals surface area (Å²) in [4.78, 5) is 7.22. The first-order valence-electron chi connectivity index (χ1n) is 8.12. The van der Waals surface area contributed by atoms with Gasteiger partial charge in [-0.15, -0.1) is 0 Å². The van der Waals surface area contributed by atoms with Crippen molar-refractivity contribution in [2.45, 2.75) is 63.6 Å². The van der Waals surface area contributed by atoms with E-state index in [1.807, 2.05) is 12.3 Å². The average molecular weight is 273 g/mol. The van der Waals surface area contributed by atoms with E-state index in [1.165, 1.54) is 44.3 Å². The highest BCUT2D eigenvalue weighted by Gasteiger charge is 2.40. The summed E-state index contributed by atoms with van der Waals surface area (Å²) < 4.78 is 0. The van der Waals surface area contributed by atoms with Gasteiger partial charge < -0.3 is 5.32 Å². The van der Waals surface area contributed by atoms with E-state index in [0.29, 0.717) is 17.6 Å². The summed E-state index contributed by atoms with van der Waals surface area (Å²) in [5.41, 5.74) is 1.57. The fourth-order valence-corrected chi connectivity index (χ4v) is 3.92. The molecular weight excluding hydrogens is 246 g/mol. The van der Waals surface area contributed by atoms with E-state index >= 15 is 0 Å². The first-order valence-corrected chi connectivity index (χ1v) is 8.12. The van der Waals surface area contributed by atoms with Gasteiger partial charge in [0.15, 0.2) is 0 Å². The summed E-state index contributed by atoms with van der Waals surface area (Å²) in [7, 11) is 0. The Bertz CT molecular complexity index is 425. The summed E-state index contributed by atoms with van der Waals surface area (Å²) in [6.07, 6.45) is 8.76. The van der Waals surface area contributed by atoms with Crippen molar-refractivity contribution in [1.82, 2.24) is 15.2 Å². The standard InChI is InChI=1S/C17H27N3/c1-14-12-19-17(9-5-3-6-10-17)13-20(14)15(2)16-8-4-7-11-18-16/h4,7-8,11,14-15,19H,3,5-6,9-10,12-13H2,1-2H3. The van der Waals surface area contributed by atoms with Crippen LogP contribution in [0.4, 0.5) is 0 Å². The smallest absolute Gasteiger partial charge is 0.0572 e. The second-order valence-electron chi connectivity index (χ2n) is 6.67. The van der Waals surface area contributed by atoms with Crippen LogP contribution in [0.1, 0.15) is 57.7 Å². The summed E-state index contributed by atoms with van der Waals surface area (Å²) in [5, 5.41) is 3.86. The van der Waals surface area contributed by atoms with Gasteiger partial charge in [-0.2, -0.15) is 0 Å². The zero-order chi connectivity index (χ0) is 14.0. The Morgan fingerprint density at radius 1 is 1.30 bits per heavy atom. The lowest BCUT2D eigenvalue weighted by atomic mass is 9.79. The summed E-state index contributed by atoms with van der Waals surface area (Å²) in [6, 6.07) is 7.25. The summed E-state index contributed by atoms with van der Waals surface area (Å²) in [5.74, 6) is 0. The van der Waals surface area contributed by atoms with Crippen LogP contribution < -0.4 is 5.32 Å². The quantitative estimate of drug-likeness (QED) is 0.897. The van der Waals surface area contributed by atoms with Crippen LogP contribution in [0, 0.1) is 0 Å². The molecule has 110 valence electrons.